The summed E-state index contributed by atoms with van der Waals surface area (Å²) in [5.74, 6) is 0.872. The van der Waals surface area contributed by atoms with Gasteiger partial charge in [0.25, 0.3) is 0 Å². The largest absolute Gasteiger partial charge is 0.374 e. The van der Waals surface area contributed by atoms with E-state index in [1.54, 1.807) is 0 Å². The van der Waals surface area contributed by atoms with Crippen LogP contribution in [0.3, 0.4) is 0 Å². The summed E-state index contributed by atoms with van der Waals surface area (Å²) in [4.78, 5) is 13.5. The number of aromatic nitrogens is 3. The van der Waals surface area contributed by atoms with Crippen LogP contribution in [-0.2, 0) is 11.3 Å². The maximum atomic E-state index is 5.97. The van der Waals surface area contributed by atoms with Crippen LogP contribution in [0.4, 0.5) is 0 Å². The van der Waals surface area contributed by atoms with Crippen molar-refractivity contribution in [2.24, 2.45) is 5.92 Å². The average Bonchev–Trinajstić information content (AvgIpc) is 3.27. The van der Waals surface area contributed by atoms with Crippen molar-refractivity contribution in [3.05, 3.63) is 30.5 Å². The van der Waals surface area contributed by atoms with Gasteiger partial charge in [-0.1, -0.05) is 0 Å². The lowest BCUT2D eigenvalue weighted by molar-refractivity contribution is -0.0374. The molecule has 6 heteroatoms. The summed E-state index contributed by atoms with van der Waals surface area (Å²) in [5, 5.41) is 0. The van der Waals surface area contributed by atoms with E-state index in [2.05, 4.69) is 31.2 Å². The second-order valence-corrected chi connectivity index (χ2v) is 6.95. The number of imidazole rings is 1. The molecule has 2 fully saturated rings. The molecule has 0 unspecified atom stereocenters. The molecule has 6 nitrogen and oxygen atoms in total. The molecule has 1 saturated heterocycles. The van der Waals surface area contributed by atoms with Crippen LogP contribution < -0.4 is 0 Å². The zero-order valence-corrected chi connectivity index (χ0v) is 13.8. The van der Waals surface area contributed by atoms with E-state index in [-0.39, 0.29) is 0 Å². The normalized spacial score (nSPS) is 23.0. The first-order valence-corrected chi connectivity index (χ1v) is 8.56. The van der Waals surface area contributed by atoms with Crippen LogP contribution >= 0.6 is 0 Å². The molecule has 1 saturated carbocycles. The molecule has 3 heterocycles. The Balaban J connectivity index is 1.46. The zero-order valence-electron chi connectivity index (χ0n) is 13.8. The molecule has 0 bridgehead atoms. The Morgan fingerprint density at radius 2 is 2.22 bits per heavy atom. The zero-order chi connectivity index (χ0) is 15.6. The monoisotopic (exact) mass is 315 g/mol. The first-order valence-electron chi connectivity index (χ1n) is 8.56. The smallest absolute Gasteiger partial charge is 0.155 e. The summed E-state index contributed by atoms with van der Waals surface area (Å²) < 4.78 is 8.11. The molecule has 2 aliphatic rings. The highest BCUT2D eigenvalue weighted by Gasteiger charge is 2.27. The van der Waals surface area contributed by atoms with Crippen molar-refractivity contribution in [3.63, 3.8) is 0 Å². The van der Waals surface area contributed by atoms with Crippen molar-refractivity contribution in [2.75, 3.05) is 39.8 Å². The predicted octanol–water partition coefficient (Wildman–Crippen LogP) is 1.27. The average molecular weight is 315 g/mol. The van der Waals surface area contributed by atoms with Gasteiger partial charge in [-0.2, -0.15) is 0 Å². The highest BCUT2D eigenvalue weighted by molar-refractivity contribution is 5.36. The Kier molecular flexibility index (Phi) is 4.29. The number of rotatable bonds is 6. The van der Waals surface area contributed by atoms with E-state index in [4.69, 9.17) is 4.74 Å². The molecule has 0 aromatic carbocycles. The summed E-state index contributed by atoms with van der Waals surface area (Å²) in [6.45, 7) is 6.00. The van der Waals surface area contributed by atoms with E-state index in [1.165, 1.54) is 25.1 Å². The van der Waals surface area contributed by atoms with E-state index >= 15 is 0 Å². The van der Waals surface area contributed by atoms with Gasteiger partial charge in [0.15, 0.2) is 5.65 Å². The summed E-state index contributed by atoms with van der Waals surface area (Å²) in [6.07, 6.45) is 10.7. The number of ether oxygens (including phenoxy) is 1. The lowest BCUT2D eigenvalue weighted by atomic mass is 10.2. The molecule has 0 N–H and O–H groups in total. The van der Waals surface area contributed by atoms with Crippen LogP contribution in [0.25, 0.3) is 5.65 Å². The molecule has 23 heavy (non-hydrogen) atoms. The van der Waals surface area contributed by atoms with Crippen molar-refractivity contribution in [2.45, 2.75) is 25.5 Å². The Morgan fingerprint density at radius 3 is 3.04 bits per heavy atom. The SMILES string of the molecule is CN1CCO[C@H](CN(Cc2cnc3cnccn23)CC2CC2)C1. The fourth-order valence-electron chi connectivity index (χ4n) is 3.38. The highest BCUT2D eigenvalue weighted by atomic mass is 16.5. The Bertz CT molecular complexity index is 653. The van der Waals surface area contributed by atoms with Crippen LogP contribution in [0.15, 0.2) is 24.8 Å². The fraction of sp³-hybridized carbons (Fsp3) is 0.647. The van der Waals surface area contributed by atoms with E-state index in [1.807, 2.05) is 24.8 Å². The van der Waals surface area contributed by atoms with Gasteiger partial charge in [0.2, 0.25) is 0 Å². The lowest BCUT2D eigenvalue weighted by Gasteiger charge is -2.34. The van der Waals surface area contributed by atoms with Gasteiger partial charge >= 0.3 is 0 Å². The minimum atomic E-state index is 0.313. The third-order valence-electron chi connectivity index (χ3n) is 4.80. The molecule has 0 amide bonds. The second-order valence-electron chi connectivity index (χ2n) is 6.95. The molecule has 2 aromatic rings. The first kappa shape index (κ1) is 15.1. The van der Waals surface area contributed by atoms with Gasteiger partial charge in [-0.3, -0.25) is 14.3 Å². The topological polar surface area (TPSA) is 45.9 Å². The van der Waals surface area contributed by atoms with Gasteiger partial charge in [0, 0.05) is 45.1 Å². The Labute approximate surface area is 137 Å². The fourth-order valence-corrected chi connectivity index (χ4v) is 3.38. The predicted molar refractivity (Wildman–Crippen MR) is 88.2 cm³/mol. The molecule has 0 radical (unpaired) electrons. The van der Waals surface area contributed by atoms with Crippen molar-refractivity contribution >= 4 is 5.65 Å². The minimum absolute atomic E-state index is 0.313. The molecule has 2 aromatic heterocycles. The maximum Gasteiger partial charge on any atom is 0.155 e. The molecule has 1 atom stereocenters. The summed E-state index contributed by atoms with van der Waals surface area (Å²) in [7, 11) is 2.18. The van der Waals surface area contributed by atoms with Crippen molar-refractivity contribution in [1.82, 2.24) is 24.2 Å². The minimum Gasteiger partial charge on any atom is -0.374 e. The molecule has 4 rings (SSSR count). The van der Waals surface area contributed by atoms with E-state index in [9.17, 15) is 0 Å². The highest BCUT2D eigenvalue weighted by Crippen LogP contribution is 2.30. The summed E-state index contributed by atoms with van der Waals surface area (Å²) in [5.41, 5.74) is 2.15. The Morgan fingerprint density at radius 1 is 1.30 bits per heavy atom. The van der Waals surface area contributed by atoms with Crippen molar-refractivity contribution in [1.29, 1.82) is 0 Å². The molecule has 1 aliphatic carbocycles. The number of likely N-dealkylation sites (N-methyl/N-ethyl adjacent to an activating group) is 1. The maximum absolute atomic E-state index is 5.97. The van der Waals surface area contributed by atoms with Gasteiger partial charge in [0.1, 0.15) is 0 Å². The third-order valence-corrected chi connectivity index (χ3v) is 4.80. The van der Waals surface area contributed by atoms with Crippen LogP contribution in [-0.4, -0.2) is 70.1 Å². The molecular weight excluding hydrogens is 290 g/mol. The molecule has 1 aliphatic heterocycles. The number of fused-ring (bicyclic) bond motifs is 1. The summed E-state index contributed by atoms with van der Waals surface area (Å²) >= 11 is 0. The Hall–Kier alpha value is -1.50. The van der Waals surface area contributed by atoms with Gasteiger partial charge in [0.05, 0.1) is 30.8 Å². The van der Waals surface area contributed by atoms with Gasteiger partial charge in [-0.05, 0) is 25.8 Å². The number of nitrogens with zero attached hydrogens (tertiary/aromatic N) is 5. The van der Waals surface area contributed by atoms with Crippen LogP contribution in [0, 0.1) is 5.92 Å². The van der Waals surface area contributed by atoms with Crippen LogP contribution in [0.1, 0.15) is 18.5 Å². The van der Waals surface area contributed by atoms with Crippen molar-refractivity contribution < 1.29 is 4.74 Å². The van der Waals surface area contributed by atoms with Gasteiger partial charge in [-0.25, -0.2) is 4.98 Å². The quantitative estimate of drug-likeness (QED) is 0.803. The number of hydrogen-bond acceptors (Lipinski definition) is 5. The molecule has 0 spiro atoms. The number of hydrogen-bond donors (Lipinski definition) is 0. The van der Waals surface area contributed by atoms with Gasteiger partial charge in [-0.15, -0.1) is 0 Å². The summed E-state index contributed by atoms with van der Waals surface area (Å²) in [6, 6.07) is 0. The van der Waals surface area contributed by atoms with Gasteiger partial charge < -0.3 is 9.64 Å². The molecular formula is C17H25N5O. The standard InChI is InChI=1S/C17H25N5O/c1-20-6-7-23-16(12-20)13-21(10-14-2-3-14)11-15-8-19-17-9-18-4-5-22(15)17/h4-5,8-9,14,16H,2-3,6-7,10-13H2,1H3/t16-/m0/s1. The van der Waals surface area contributed by atoms with E-state index in [0.29, 0.717) is 6.10 Å². The third kappa shape index (κ3) is 3.71. The second kappa shape index (κ2) is 6.55. The lowest BCUT2D eigenvalue weighted by Crippen LogP contribution is -2.46. The van der Waals surface area contributed by atoms with Crippen LogP contribution in [0.2, 0.25) is 0 Å². The molecule has 124 valence electrons. The van der Waals surface area contributed by atoms with E-state index in [0.717, 1.165) is 44.4 Å². The number of morpholine rings is 1. The van der Waals surface area contributed by atoms with Crippen LogP contribution in [0.5, 0.6) is 0 Å². The van der Waals surface area contributed by atoms with Crippen molar-refractivity contribution in [3.8, 4) is 0 Å². The van der Waals surface area contributed by atoms with E-state index < -0.39 is 0 Å². The first-order chi connectivity index (χ1) is 11.3.